The molecule has 5 nitrogen and oxygen atoms in total. The van der Waals surface area contributed by atoms with Gasteiger partial charge in [0.05, 0.1) is 0 Å². The van der Waals surface area contributed by atoms with Crippen molar-refractivity contribution >= 4 is 27.5 Å². The van der Waals surface area contributed by atoms with Crippen LogP contribution in [-0.2, 0) is 5.33 Å². The van der Waals surface area contributed by atoms with Crippen LogP contribution in [0.4, 0.5) is 5.69 Å². The number of nitrogens with one attached hydrogen (secondary N) is 2. The molecule has 0 aliphatic carbocycles. The van der Waals surface area contributed by atoms with Gasteiger partial charge in [-0.25, -0.2) is 5.10 Å². The molecule has 0 atom stereocenters. The summed E-state index contributed by atoms with van der Waals surface area (Å²) in [6, 6.07) is 10.1. The molecule has 1 heterocycles. The van der Waals surface area contributed by atoms with Crippen LogP contribution in [0.25, 0.3) is 0 Å². The molecule has 0 saturated heterocycles. The SMILES string of the molecule is O=C(Nc1ccc(CBr)cc1)c1ccc(=O)[nH]n1. The zero-order chi connectivity index (χ0) is 13.0. The molecule has 0 aliphatic heterocycles. The van der Waals surface area contributed by atoms with Crippen LogP contribution >= 0.6 is 15.9 Å². The van der Waals surface area contributed by atoms with Crippen molar-refractivity contribution in [1.29, 1.82) is 0 Å². The Morgan fingerprint density at radius 2 is 1.94 bits per heavy atom. The van der Waals surface area contributed by atoms with Gasteiger partial charge in [-0.1, -0.05) is 28.1 Å². The number of alkyl halides is 1. The molecular formula is C12H10BrN3O2. The molecule has 18 heavy (non-hydrogen) atoms. The molecule has 1 amide bonds. The van der Waals surface area contributed by atoms with Crippen LogP contribution < -0.4 is 10.9 Å². The van der Waals surface area contributed by atoms with Gasteiger partial charge in [-0.15, -0.1) is 0 Å². The lowest BCUT2D eigenvalue weighted by molar-refractivity contribution is 0.102. The van der Waals surface area contributed by atoms with E-state index in [4.69, 9.17) is 0 Å². The highest BCUT2D eigenvalue weighted by atomic mass is 79.9. The smallest absolute Gasteiger partial charge is 0.276 e. The minimum atomic E-state index is -0.363. The maximum absolute atomic E-state index is 11.8. The van der Waals surface area contributed by atoms with Crippen LogP contribution in [0, 0.1) is 0 Å². The summed E-state index contributed by atoms with van der Waals surface area (Å²) >= 11 is 3.35. The van der Waals surface area contributed by atoms with Gasteiger partial charge in [0.1, 0.15) is 5.69 Å². The molecule has 0 spiro atoms. The first-order chi connectivity index (χ1) is 8.69. The number of aromatic nitrogens is 2. The van der Waals surface area contributed by atoms with Crippen molar-refractivity contribution in [1.82, 2.24) is 10.2 Å². The lowest BCUT2D eigenvalue weighted by atomic mass is 10.2. The Morgan fingerprint density at radius 3 is 2.50 bits per heavy atom. The van der Waals surface area contributed by atoms with Crippen LogP contribution in [0.3, 0.4) is 0 Å². The summed E-state index contributed by atoms with van der Waals surface area (Å²) in [5.74, 6) is -0.363. The number of anilines is 1. The Labute approximate surface area is 111 Å². The van der Waals surface area contributed by atoms with E-state index < -0.39 is 0 Å². The van der Waals surface area contributed by atoms with Crippen LogP contribution in [0.5, 0.6) is 0 Å². The molecule has 0 radical (unpaired) electrons. The van der Waals surface area contributed by atoms with E-state index in [1.54, 1.807) is 12.1 Å². The molecular weight excluding hydrogens is 298 g/mol. The normalized spacial score (nSPS) is 10.1. The third-order valence-corrected chi connectivity index (χ3v) is 2.93. The minimum Gasteiger partial charge on any atom is -0.321 e. The van der Waals surface area contributed by atoms with Gasteiger partial charge in [0, 0.05) is 17.1 Å². The second kappa shape index (κ2) is 5.59. The minimum absolute atomic E-state index is 0.166. The van der Waals surface area contributed by atoms with Crippen LogP contribution in [0.1, 0.15) is 16.1 Å². The van der Waals surface area contributed by atoms with Gasteiger partial charge < -0.3 is 5.32 Å². The summed E-state index contributed by atoms with van der Waals surface area (Å²) in [5, 5.41) is 9.32. The van der Waals surface area contributed by atoms with Gasteiger partial charge in [0.15, 0.2) is 0 Å². The summed E-state index contributed by atoms with van der Waals surface area (Å²) in [7, 11) is 0. The molecule has 0 aliphatic rings. The summed E-state index contributed by atoms with van der Waals surface area (Å²) in [5.41, 5.74) is 1.63. The highest BCUT2D eigenvalue weighted by molar-refractivity contribution is 9.08. The standard InChI is InChI=1S/C12H10BrN3O2/c13-7-8-1-3-9(4-2-8)14-12(18)10-5-6-11(17)16-15-10/h1-6H,7H2,(H,14,18)(H,16,17). The van der Waals surface area contributed by atoms with Crippen molar-refractivity contribution in [2.24, 2.45) is 0 Å². The Bertz CT molecular complexity index is 587. The maximum atomic E-state index is 11.8. The van der Waals surface area contributed by atoms with E-state index in [0.29, 0.717) is 5.69 Å². The quantitative estimate of drug-likeness (QED) is 0.851. The summed E-state index contributed by atoms with van der Waals surface area (Å²) < 4.78 is 0. The fraction of sp³-hybridized carbons (Fsp3) is 0.0833. The fourth-order valence-corrected chi connectivity index (χ4v) is 1.72. The van der Waals surface area contributed by atoms with Gasteiger partial charge in [-0.05, 0) is 23.8 Å². The highest BCUT2D eigenvalue weighted by Crippen LogP contribution is 2.12. The van der Waals surface area contributed by atoms with Gasteiger partial charge in [0.25, 0.3) is 11.5 Å². The number of benzene rings is 1. The zero-order valence-corrected chi connectivity index (χ0v) is 10.9. The Morgan fingerprint density at radius 1 is 1.22 bits per heavy atom. The van der Waals surface area contributed by atoms with E-state index in [1.807, 2.05) is 12.1 Å². The van der Waals surface area contributed by atoms with Crippen molar-refractivity contribution in [2.75, 3.05) is 5.32 Å². The summed E-state index contributed by atoms with van der Waals surface area (Å²) in [6.45, 7) is 0. The molecule has 6 heteroatoms. The van der Waals surface area contributed by atoms with Crippen molar-refractivity contribution in [2.45, 2.75) is 5.33 Å². The molecule has 0 bridgehead atoms. The topological polar surface area (TPSA) is 74.8 Å². The number of hydrogen-bond acceptors (Lipinski definition) is 3. The molecule has 0 fully saturated rings. The molecule has 1 aromatic heterocycles. The summed E-state index contributed by atoms with van der Waals surface area (Å²) in [4.78, 5) is 22.6. The van der Waals surface area contributed by atoms with Crippen LogP contribution in [-0.4, -0.2) is 16.1 Å². The predicted molar refractivity (Wildman–Crippen MR) is 71.9 cm³/mol. The van der Waals surface area contributed by atoms with Crippen LogP contribution in [0.15, 0.2) is 41.2 Å². The van der Waals surface area contributed by atoms with E-state index in [-0.39, 0.29) is 17.2 Å². The number of aromatic amines is 1. The average molecular weight is 308 g/mol. The van der Waals surface area contributed by atoms with Gasteiger partial charge >= 0.3 is 0 Å². The molecule has 2 rings (SSSR count). The number of hydrogen-bond donors (Lipinski definition) is 2. The van der Waals surface area contributed by atoms with E-state index >= 15 is 0 Å². The van der Waals surface area contributed by atoms with E-state index in [1.165, 1.54) is 12.1 Å². The monoisotopic (exact) mass is 307 g/mol. The second-order valence-corrected chi connectivity index (χ2v) is 4.15. The Balaban J connectivity index is 2.10. The lowest BCUT2D eigenvalue weighted by Gasteiger charge is -2.04. The van der Waals surface area contributed by atoms with Gasteiger partial charge in [0.2, 0.25) is 0 Å². The first-order valence-corrected chi connectivity index (χ1v) is 6.33. The highest BCUT2D eigenvalue weighted by Gasteiger charge is 2.07. The number of H-pyrrole nitrogens is 1. The number of halogens is 1. The molecule has 0 unspecified atom stereocenters. The third-order valence-electron chi connectivity index (χ3n) is 2.28. The first kappa shape index (κ1) is 12.5. The zero-order valence-electron chi connectivity index (χ0n) is 9.31. The second-order valence-electron chi connectivity index (χ2n) is 3.59. The van der Waals surface area contributed by atoms with Crippen LogP contribution in [0.2, 0.25) is 0 Å². The van der Waals surface area contributed by atoms with Crippen molar-refractivity contribution < 1.29 is 4.79 Å². The number of rotatable bonds is 3. The predicted octanol–water partition coefficient (Wildman–Crippen LogP) is 1.92. The van der Waals surface area contributed by atoms with Crippen molar-refractivity contribution in [3.63, 3.8) is 0 Å². The Hall–Kier alpha value is -1.95. The Kier molecular flexibility index (Phi) is 3.88. The van der Waals surface area contributed by atoms with Gasteiger partial charge in [-0.2, -0.15) is 5.10 Å². The number of amides is 1. The number of nitrogens with zero attached hydrogens (tertiary/aromatic N) is 1. The lowest BCUT2D eigenvalue weighted by Crippen LogP contribution is -2.17. The number of carbonyl (C=O) groups is 1. The maximum Gasteiger partial charge on any atom is 0.276 e. The molecule has 2 N–H and O–H groups in total. The van der Waals surface area contributed by atoms with E-state index in [9.17, 15) is 9.59 Å². The van der Waals surface area contributed by atoms with Crippen molar-refractivity contribution in [3.8, 4) is 0 Å². The number of carbonyl (C=O) groups excluding carboxylic acids is 1. The molecule has 0 saturated carbocycles. The van der Waals surface area contributed by atoms with E-state index in [2.05, 4.69) is 31.4 Å². The molecule has 2 aromatic rings. The average Bonchev–Trinajstić information content (AvgIpc) is 2.40. The third kappa shape index (κ3) is 3.04. The first-order valence-electron chi connectivity index (χ1n) is 5.21. The summed E-state index contributed by atoms with van der Waals surface area (Å²) in [6.07, 6.45) is 0. The largest absolute Gasteiger partial charge is 0.321 e. The fourth-order valence-electron chi connectivity index (χ4n) is 1.34. The molecule has 92 valence electrons. The van der Waals surface area contributed by atoms with Gasteiger partial charge in [-0.3, -0.25) is 9.59 Å². The molecule has 1 aromatic carbocycles. The van der Waals surface area contributed by atoms with Crippen molar-refractivity contribution in [3.05, 3.63) is 58.0 Å². The van der Waals surface area contributed by atoms with E-state index in [0.717, 1.165) is 10.9 Å².